The maximum Gasteiger partial charge on any atom is 0.416 e. The largest absolute Gasteiger partial charge is 0.416 e. The number of hydrogen-bond donors (Lipinski definition) is 0. The summed E-state index contributed by atoms with van der Waals surface area (Å²) in [6.07, 6.45) is -1.08. The van der Waals surface area contributed by atoms with Gasteiger partial charge in [-0.05, 0) is 18.2 Å². The zero-order valence-electron chi connectivity index (χ0n) is 12.3. The van der Waals surface area contributed by atoms with E-state index in [4.69, 9.17) is 0 Å². The molecule has 0 saturated heterocycles. The number of nitrogens with zero attached hydrogens (tertiary/aromatic N) is 2. The van der Waals surface area contributed by atoms with E-state index in [1.54, 1.807) is 41.2 Å². The first-order valence-corrected chi connectivity index (χ1v) is 7.07. The van der Waals surface area contributed by atoms with Gasteiger partial charge in [-0.15, -0.1) is 0 Å². The van der Waals surface area contributed by atoms with Crippen molar-refractivity contribution in [1.82, 2.24) is 0 Å². The number of alkyl halides is 3. The van der Waals surface area contributed by atoms with Crippen LogP contribution in [0.4, 0.5) is 18.9 Å². The number of fused-ring (bicyclic) bond motifs is 1. The summed E-state index contributed by atoms with van der Waals surface area (Å²) in [6, 6.07) is 11.4. The summed E-state index contributed by atoms with van der Waals surface area (Å²) in [5.41, 5.74) is -0.199. The molecule has 0 unspecified atom stereocenters. The van der Waals surface area contributed by atoms with E-state index in [0.717, 1.165) is 12.1 Å². The highest BCUT2D eigenvalue weighted by atomic mass is 19.4. The van der Waals surface area contributed by atoms with E-state index in [1.165, 1.54) is 12.1 Å². The van der Waals surface area contributed by atoms with Crippen LogP contribution in [0, 0.1) is 10.1 Å². The van der Waals surface area contributed by atoms with Crippen molar-refractivity contribution >= 4 is 16.5 Å². The predicted molar refractivity (Wildman–Crippen MR) is 81.3 cm³/mol. The van der Waals surface area contributed by atoms with Gasteiger partial charge in [-0.25, -0.2) is 4.57 Å². The molecule has 0 radical (unpaired) electrons. The Balaban J connectivity index is 1.95. The van der Waals surface area contributed by atoms with Gasteiger partial charge >= 0.3 is 6.18 Å². The number of nitro groups is 1. The van der Waals surface area contributed by atoms with Crippen LogP contribution in [0.2, 0.25) is 0 Å². The molecule has 7 heteroatoms. The van der Waals surface area contributed by atoms with Crippen molar-refractivity contribution in [3.8, 4) is 0 Å². The van der Waals surface area contributed by atoms with Crippen molar-refractivity contribution in [2.45, 2.75) is 12.7 Å². The van der Waals surface area contributed by atoms with E-state index in [2.05, 4.69) is 0 Å². The molecule has 122 valence electrons. The Hall–Kier alpha value is -2.96. The number of benzene rings is 2. The molecule has 3 rings (SSSR count). The summed E-state index contributed by atoms with van der Waals surface area (Å²) >= 11 is 0. The maximum absolute atomic E-state index is 12.8. The zero-order chi connectivity index (χ0) is 17.3. The molecule has 4 nitrogen and oxygen atoms in total. The molecule has 2 aromatic carbocycles. The zero-order valence-corrected chi connectivity index (χ0v) is 12.3. The topological polar surface area (TPSA) is 47.0 Å². The molecule has 0 aliphatic carbocycles. The van der Waals surface area contributed by atoms with Gasteiger partial charge in [0.25, 0.3) is 5.69 Å². The summed E-state index contributed by atoms with van der Waals surface area (Å²) in [4.78, 5) is 10.6. The smallest absolute Gasteiger partial charge is 0.258 e. The second kappa shape index (κ2) is 5.92. The summed E-state index contributed by atoms with van der Waals surface area (Å²) < 4.78 is 40.0. The molecule has 0 saturated carbocycles. The molecule has 0 fully saturated rings. The first-order valence-electron chi connectivity index (χ1n) is 7.07. The Morgan fingerprint density at radius 3 is 2.54 bits per heavy atom. The average Bonchev–Trinajstić information content (AvgIpc) is 2.53. The Morgan fingerprint density at radius 1 is 1.08 bits per heavy atom. The summed E-state index contributed by atoms with van der Waals surface area (Å²) in [6.45, 7) is 0.239. The second-order valence-electron chi connectivity index (χ2n) is 5.35. The first kappa shape index (κ1) is 15.9. The Bertz CT molecular complexity index is 923. The van der Waals surface area contributed by atoms with Gasteiger partial charge in [-0.3, -0.25) is 10.1 Å². The third-order valence-corrected chi connectivity index (χ3v) is 3.67. The van der Waals surface area contributed by atoms with E-state index in [1.807, 2.05) is 0 Å². The minimum absolute atomic E-state index is 0.00119. The van der Waals surface area contributed by atoms with Gasteiger partial charge < -0.3 is 0 Å². The van der Waals surface area contributed by atoms with Crippen LogP contribution in [0.25, 0.3) is 10.8 Å². The highest BCUT2D eigenvalue weighted by Gasteiger charge is 2.30. The van der Waals surface area contributed by atoms with Crippen LogP contribution in [0.3, 0.4) is 0 Å². The second-order valence-corrected chi connectivity index (χ2v) is 5.35. The fourth-order valence-corrected chi connectivity index (χ4v) is 2.57. The summed E-state index contributed by atoms with van der Waals surface area (Å²) in [7, 11) is 0. The van der Waals surface area contributed by atoms with Crippen LogP contribution < -0.4 is 4.57 Å². The lowest BCUT2D eigenvalue weighted by Crippen LogP contribution is -2.33. The number of halogens is 3. The maximum atomic E-state index is 12.8. The van der Waals surface area contributed by atoms with Crippen LogP contribution in [-0.4, -0.2) is 4.92 Å². The number of nitro benzene ring substituents is 1. The molecule has 0 bridgehead atoms. The monoisotopic (exact) mass is 333 g/mol. The van der Waals surface area contributed by atoms with Gasteiger partial charge in [-0.1, -0.05) is 18.2 Å². The number of non-ortho nitro benzene ring substituents is 1. The van der Waals surface area contributed by atoms with Gasteiger partial charge in [0.2, 0.25) is 0 Å². The minimum atomic E-state index is -4.38. The van der Waals surface area contributed by atoms with E-state index in [9.17, 15) is 23.3 Å². The Kier molecular flexibility index (Phi) is 3.92. The van der Waals surface area contributed by atoms with E-state index >= 15 is 0 Å². The van der Waals surface area contributed by atoms with Gasteiger partial charge in [-0.2, -0.15) is 13.2 Å². The molecule has 1 aromatic heterocycles. The van der Waals surface area contributed by atoms with E-state index < -0.39 is 16.7 Å². The third-order valence-electron chi connectivity index (χ3n) is 3.67. The fourth-order valence-electron chi connectivity index (χ4n) is 2.57. The van der Waals surface area contributed by atoms with Crippen molar-refractivity contribution in [3.05, 3.63) is 82.2 Å². The van der Waals surface area contributed by atoms with Gasteiger partial charge in [0.05, 0.1) is 21.3 Å². The highest BCUT2D eigenvalue weighted by Crippen LogP contribution is 2.29. The molecule has 24 heavy (non-hydrogen) atoms. The predicted octanol–water partition coefficient (Wildman–Crippen LogP) is 4.10. The Morgan fingerprint density at radius 2 is 1.83 bits per heavy atom. The molecule has 0 spiro atoms. The van der Waals surface area contributed by atoms with Crippen molar-refractivity contribution in [1.29, 1.82) is 0 Å². The molecule has 0 amide bonds. The van der Waals surface area contributed by atoms with Crippen LogP contribution in [0.5, 0.6) is 0 Å². The van der Waals surface area contributed by atoms with Gasteiger partial charge in [0.15, 0.2) is 18.9 Å². The van der Waals surface area contributed by atoms with Crippen LogP contribution in [0.1, 0.15) is 11.1 Å². The third kappa shape index (κ3) is 3.19. The number of pyridine rings is 1. The molecule has 0 aliphatic heterocycles. The lowest BCUT2D eigenvalue weighted by molar-refractivity contribution is -0.687. The lowest BCUT2D eigenvalue weighted by atomic mass is 10.1. The molecule has 1 heterocycles. The Labute approximate surface area is 134 Å². The minimum Gasteiger partial charge on any atom is -0.258 e. The van der Waals surface area contributed by atoms with Crippen molar-refractivity contribution in [2.75, 3.05) is 0 Å². The van der Waals surface area contributed by atoms with Crippen molar-refractivity contribution in [3.63, 3.8) is 0 Å². The van der Waals surface area contributed by atoms with Crippen LogP contribution >= 0.6 is 0 Å². The number of hydrogen-bond acceptors (Lipinski definition) is 2. The SMILES string of the molecule is O=[N+]([O-])c1cccc2c[n+](Cc3cccc(C(F)(F)F)c3)ccc12. The molecule has 0 aliphatic rings. The molecule has 0 atom stereocenters. The average molecular weight is 333 g/mol. The summed E-state index contributed by atoms with van der Waals surface area (Å²) in [5, 5.41) is 12.2. The van der Waals surface area contributed by atoms with E-state index in [-0.39, 0.29) is 12.2 Å². The molecule has 0 N–H and O–H groups in total. The van der Waals surface area contributed by atoms with E-state index in [0.29, 0.717) is 16.3 Å². The first-order chi connectivity index (χ1) is 11.3. The fraction of sp³-hybridized carbons (Fsp3) is 0.118. The highest BCUT2D eigenvalue weighted by molar-refractivity contribution is 5.89. The van der Waals surface area contributed by atoms with Crippen molar-refractivity contribution in [2.24, 2.45) is 0 Å². The molecular weight excluding hydrogens is 321 g/mol. The lowest BCUT2D eigenvalue weighted by Gasteiger charge is -2.07. The normalized spacial score (nSPS) is 11.6. The standard InChI is InChI=1S/C17H12F3N2O2/c18-17(19,20)14-5-1-3-12(9-14)10-21-8-7-15-13(11-21)4-2-6-16(15)22(23)24/h1-9,11H,10H2/q+1. The van der Waals surface area contributed by atoms with Crippen LogP contribution in [0.15, 0.2) is 60.9 Å². The summed E-state index contributed by atoms with van der Waals surface area (Å²) in [5.74, 6) is 0. The quantitative estimate of drug-likeness (QED) is 0.411. The van der Waals surface area contributed by atoms with Crippen molar-refractivity contribution < 1.29 is 22.7 Å². The van der Waals surface area contributed by atoms with Gasteiger partial charge in [0.1, 0.15) is 0 Å². The number of aromatic nitrogens is 1. The van der Waals surface area contributed by atoms with Gasteiger partial charge in [0, 0.05) is 17.7 Å². The number of rotatable bonds is 3. The molecular formula is C17H12F3N2O2+. The van der Waals surface area contributed by atoms with Crippen LogP contribution in [-0.2, 0) is 12.7 Å². The molecule has 3 aromatic rings.